The number of rotatable bonds is 4. The predicted octanol–water partition coefficient (Wildman–Crippen LogP) is 1.57. The highest BCUT2D eigenvalue weighted by atomic mass is 15.3. The topological polar surface area (TPSA) is 43.8 Å². The van der Waals surface area contributed by atoms with E-state index < -0.39 is 0 Å². The maximum atomic E-state index is 6.16. The molecule has 2 N–H and O–H groups in total. The molecular formula is C11H19N3. The van der Waals surface area contributed by atoms with E-state index >= 15 is 0 Å². The SMILES string of the molecule is CCn1cc(CC(N)C2(C)CC2)cn1. The zero-order valence-corrected chi connectivity index (χ0v) is 9.03. The highest BCUT2D eigenvalue weighted by Gasteiger charge is 2.42. The molecule has 3 heteroatoms. The summed E-state index contributed by atoms with van der Waals surface area (Å²) >= 11 is 0. The Kier molecular flexibility index (Phi) is 2.35. The fourth-order valence-corrected chi connectivity index (χ4v) is 1.75. The third-order valence-corrected chi connectivity index (χ3v) is 3.40. The second kappa shape index (κ2) is 3.39. The lowest BCUT2D eigenvalue weighted by Crippen LogP contribution is -2.31. The molecule has 1 aromatic heterocycles. The van der Waals surface area contributed by atoms with E-state index in [9.17, 15) is 0 Å². The van der Waals surface area contributed by atoms with Crippen LogP contribution in [0.5, 0.6) is 0 Å². The summed E-state index contributed by atoms with van der Waals surface area (Å²) in [5.74, 6) is 0. The van der Waals surface area contributed by atoms with Gasteiger partial charge in [0.2, 0.25) is 0 Å². The molecule has 0 saturated heterocycles. The average Bonchev–Trinajstić information content (AvgIpc) is 2.77. The predicted molar refractivity (Wildman–Crippen MR) is 56.9 cm³/mol. The van der Waals surface area contributed by atoms with Gasteiger partial charge in [-0.15, -0.1) is 0 Å². The molecule has 1 saturated carbocycles. The molecule has 0 bridgehead atoms. The van der Waals surface area contributed by atoms with E-state index in [0.29, 0.717) is 11.5 Å². The van der Waals surface area contributed by atoms with Gasteiger partial charge in [-0.1, -0.05) is 6.92 Å². The molecule has 0 radical (unpaired) electrons. The Labute approximate surface area is 85.3 Å². The van der Waals surface area contributed by atoms with E-state index in [1.165, 1.54) is 18.4 Å². The third kappa shape index (κ3) is 1.82. The molecule has 1 aromatic rings. The van der Waals surface area contributed by atoms with E-state index in [1.54, 1.807) is 0 Å². The van der Waals surface area contributed by atoms with Gasteiger partial charge in [0, 0.05) is 18.8 Å². The summed E-state index contributed by atoms with van der Waals surface area (Å²) < 4.78 is 1.96. The number of hydrogen-bond donors (Lipinski definition) is 1. The quantitative estimate of drug-likeness (QED) is 0.789. The van der Waals surface area contributed by atoms with Crippen molar-refractivity contribution in [2.24, 2.45) is 11.1 Å². The third-order valence-electron chi connectivity index (χ3n) is 3.40. The van der Waals surface area contributed by atoms with E-state index in [1.807, 2.05) is 10.9 Å². The summed E-state index contributed by atoms with van der Waals surface area (Å²) in [5.41, 5.74) is 7.84. The summed E-state index contributed by atoms with van der Waals surface area (Å²) in [7, 11) is 0. The van der Waals surface area contributed by atoms with Gasteiger partial charge in [-0.3, -0.25) is 4.68 Å². The fourth-order valence-electron chi connectivity index (χ4n) is 1.75. The Balaban J connectivity index is 1.96. The zero-order chi connectivity index (χ0) is 10.2. The van der Waals surface area contributed by atoms with Gasteiger partial charge in [0.05, 0.1) is 6.20 Å². The van der Waals surface area contributed by atoms with Gasteiger partial charge in [0.15, 0.2) is 0 Å². The first-order valence-electron chi connectivity index (χ1n) is 5.41. The Morgan fingerprint density at radius 1 is 1.64 bits per heavy atom. The van der Waals surface area contributed by atoms with E-state index in [-0.39, 0.29) is 0 Å². The lowest BCUT2D eigenvalue weighted by atomic mass is 9.95. The van der Waals surface area contributed by atoms with Crippen molar-refractivity contribution in [1.29, 1.82) is 0 Å². The number of nitrogens with zero attached hydrogens (tertiary/aromatic N) is 2. The van der Waals surface area contributed by atoms with Gasteiger partial charge in [-0.2, -0.15) is 5.10 Å². The molecule has 1 heterocycles. The van der Waals surface area contributed by atoms with Crippen molar-refractivity contribution in [3.8, 4) is 0 Å². The Hall–Kier alpha value is -0.830. The average molecular weight is 193 g/mol. The normalized spacial score (nSPS) is 20.8. The van der Waals surface area contributed by atoms with Crippen LogP contribution in [-0.4, -0.2) is 15.8 Å². The minimum Gasteiger partial charge on any atom is -0.327 e. The van der Waals surface area contributed by atoms with Crippen LogP contribution in [0, 0.1) is 5.41 Å². The first kappa shape index (κ1) is 9.71. The highest BCUT2D eigenvalue weighted by Crippen LogP contribution is 2.47. The lowest BCUT2D eigenvalue weighted by molar-refractivity contribution is 0.433. The summed E-state index contributed by atoms with van der Waals surface area (Å²) in [4.78, 5) is 0. The standard InChI is InChI=1S/C11H19N3/c1-3-14-8-9(7-13-14)6-10(12)11(2)4-5-11/h7-8,10H,3-6,12H2,1-2H3. The van der Waals surface area contributed by atoms with Gasteiger partial charge in [0.25, 0.3) is 0 Å². The van der Waals surface area contributed by atoms with Crippen molar-refractivity contribution in [2.45, 2.75) is 45.7 Å². The van der Waals surface area contributed by atoms with Crippen LogP contribution in [0.3, 0.4) is 0 Å². The molecule has 14 heavy (non-hydrogen) atoms. The summed E-state index contributed by atoms with van der Waals surface area (Å²) in [6.07, 6.45) is 7.59. The Bertz CT molecular complexity index is 312. The van der Waals surface area contributed by atoms with Crippen LogP contribution >= 0.6 is 0 Å². The Morgan fingerprint density at radius 3 is 2.86 bits per heavy atom. The van der Waals surface area contributed by atoms with Gasteiger partial charge < -0.3 is 5.73 Å². The smallest absolute Gasteiger partial charge is 0.0522 e. The van der Waals surface area contributed by atoms with Crippen LogP contribution in [0.25, 0.3) is 0 Å². The molecule has 0 spiro atoms. The van der Waals surface area contributed by atoms with Gasteiger partial charge in [0.1, 0.15) is 0 Å². The van der Waals surface area contributed by atoms with Gasteiger partial charge in [-0.05, 0) is 37.2 Å². The molecule has 3 nitrogen and oxygen atoms in total. The van der Waals surface area contributed by atoms with Crippen molar-refractivity contribution >= 4 is 0 Å². The molecule has 1 atom stereocenters. The minimum atomic E-state index is 0.303. The van der Waals surface area contributed by atoms with Crippen molar-refractivity contribution in [1.82, 2.24) is 9.78 Å². The van der Waals surface area contributed by atoms with Crippen molar-refractivity contribution in [3.63, 3.8) is 0 Å². The van der Waals surface area contributed by atoms with Crippen LogP contribution in [0.4, 0.5) is 0 Å². The monoisotopic (exact) mass is 193 g/mol. The number of aromatic nitrogens is 2. The number of nitrogens with two attached hydrogens (primary N) is 1. The second-order valence-corrected chi connectivity index (χ2v) is 4.67. The first-order chi connectivity index (χ1) is 6.64. The van der Waals surface area contributed by atoms with Crippen LogP contribution in [0.2, 0.25) is 0 Å². The molecule has 0 aromatic carbocycles. The summed E-state index contributed by atoms with van der Waals surface area (Å²) in [6.45, 7) is 5.31. The van der Waals surface area contributed by atoms with Gasteiger partial charge >= 0.3 is 0 Å². The van der Waals surface area contributed by atoms with Crippen LogP contribution in [-0.2, 0) is 13.0 Å². The summed E-state index contributed by atoms with van der Waals surface area (Å²) in [5, 5.41) is 4.25. The molecule has 1 aliphatic rings. The zero-order valence-electron chi connectivity index (χ0n) is 9.03. The van der Waals surface area contributed by atoms with Crippen molar-refractivity contribution < 1.29 is 0 Å². The molecule has 1 aliphatic carbocycles. The largest absolute Gasteiger partial charge is 0.327 e. The number of aryl methyl sites for hydroxylation is 1. The maximum Gasteiger partial charge on any atom is 0.0522 e. The molecular weight excluding hydrogens is 174 g/mol. The van der Waals surface area contributed by atoms with E-state index in [2.05, 4.69) is 25.1 Å². The van der Waals surface area contributed by atoms with Crippen molar-refractivity contribution in [2.75, 3.05) is 0 Å². The molecule has 78 valence electrons. The molecule has 2 rings (SSSR count). The van der Waals surface area contributed by atoms with Gasteiger partial charge in [-0.25, -0.2) is 0 Å². The summed E-state index contributed by atoms with van der Waals surface area (Å²) in [6, 6.07) is 0.303. The lowest BCUT2D eigenvalue weighted by Gasteiger charge is -2.17. The van der Waals surface area contributed by atoms with Crippen LogP contribution < -0.4 is 5.73 Å². The van der Waals surface area contributed by atoms with Crippen LogP contribution in [0.15, 0.2) is 12.4 Å². The molecule has 0 amide bonds. The molecule has 1 unspecified atom stereocenters. The maximum absolute atomic E-state index is 6.16. The fraction of sp³-hybridized carbons (Fsp3) is 0.727. The first-order valence-corrected chi connectivity index (χ1v) is 5.41. The van der Waals surface area contributed by atoms with E-state index in [0.717, 1.165) is 13.0 Å². The minimum absolute atomic E-state index is 0.303. The van der Waals surface area contributed by atoms with Crippen molar-refractivity contribution in [3.05, 3.63) is 18.0 Å². The molecule has 0 aliphatic heterocycles. The second-order valence-electron chi connectivity index (χ2n) is 4.67. The highest BCUT2D eigenvalue weighted by molar-refractivity contribution is 5.10. The number of hydrogen-bond acceptors (Lipinski definition) is 2. The molecule has 1 fully saturated rings. The van der Waals surface area contributed by atoms with Crippen LogP contribution in [0.1, 0.15) is 32.3 Å². The van der Waals surface area contributed by atoms with E-state index in [4.69, 9.17) is 5.73 Å². The Morgan fingerprint density at radius 2 is 2.36 bits per heavy atom.